The first-order chi connectivity index (χ1) is 9.20. The highest BCUT2D eigenvalue weighted by molar-refractivity contribution is 5.84. The molecule has 0 aliphatic heterocycles. The van der Waals surface area contributed by atoms with Crippen LogP contribution in [0, 0.1) is 0 Å². The van der Waals surface area contributed by atoms with Crippen molar-refractivity contribution in [2.75, 3.05) is 0 Å². The Hall–Kier alpha value is -1.61. The zero-order chi connectivity index (χ0) is 13.3. The summed E-state index contributed by atoms with van der Waals surface area (Å²) in [7, 11) is 0. The van der Waals surface area contributed by atoms with Gasteiger partial charge in [-0.15, -0.1) is 0 Å². The standard InChI is InChI=1S/C16H18O3/c17-15(19-13-8-2-3-9-13)16(18)11-5-7-12-6-1-4-10-14(12)16/h1,4-7,10,13,18H,2-3,8-9,11H2. The summed E-state index contributed by atoms with van der Waals surface area (Å²) >= 11 is 0. The first-order valence-electron chi connectivity index (χ1n) is 6.90. The van der Waals surface area contributed by atoms with Gasteiger partial charge in [-0.1, -0.05) is 36.4 Å². The van der Waals surface area contributed by atoms with Crippen LogP contribution in [0.2, 0.25) is 0 Å². The second-order valence-corrected chi connectivity index (χ2v) is 5.37. The van der Waals surface area contributed by atoms with Gasteiger partial charge in [-0.05, 0) is 31.2 Å². The molecule has 1 atom stereocenters. The Morgan fingerprint density at radius 2 is 2.00 bits per heavy atom. The van der Waals surface area contributed by atoms with Gasteiger partial charge in [0.1, 0.15) is 6.10 Å². The molecule has 0 saturated heterocycles. The highest BCUT2D eigenvalue weighted by atomic mass is 16.6. The Kier molecular flexibility index (Phi) is 3.15. The first-order valence-corrected chi connectivity index (χ1v) is 6.90. The maximum Gasteiger partial charge on any atom is 0.343 e. The molecule has 0 bridgehead atoms. The molecule has 19 heavy (non-hydrogen) atoms. The molecule has 0 amide bonds. The van der Waals surface area contributed by atoms with Crippen LogP contribution in [0.1, 0.15) is 43.2 Å². The van der Waals surface area contributed by atoms with Crippen molar-refractivity contribution in [3.05, 3.63) is 41.5 Å². The van der Waals surface area contributed by atoms with E-state index in [-0.39, 0.29) is 12.5 Å². The van der Waals surface area contributed by atoms with Crippen molar-refractivity contribution in [3.8, 4) is 0 Å². The number of fused-ring (bicyclic) bond motifs is 1. The van der Waals surface area contributed by atoms with Crippen LogP contribution in [0.25, 0.3) is 6.08 Å². The number of rotatable bonds is 2. The zero-order valence-corrected chi connectivity index (χ0v) is 10.8. The quantitative estimate of drug-likeness (QED) is 0.830. The maximum absolute atomic E-state index is 12.3. The number of carbonyl (C=O) groups excluding carboxylic acids is 1. The van der Waals surface area contributed by atoms with E-state index in [1.807, 2.05) is 30.4 Å². The van der Waals surface area contributed by atoms with Gasteiger partial charge in [0.15, 0.2) is 5.60 Å². The molecule has 3 rings (SSSR count). The van der Waals surface area contributed by atoms with E-state index >= 15 is 0 Å². The molecule has 0 heterocycles. The van der Waals surface area contributed by atoms with Crippen LogP contribution < -0.4 is 0 Å². The fraction of sp³-hybridized carbons (Fsp3) is 0.438. The predicted octanol–water partition coefficient (Wildman–Crippen LogP) is 2.78. The van der Waals surface area contributed by atoms with E-state index in [0.717, 1.165) is 31.2 Å². The summed E-state index contributed by atoms with van der Waals surface area (Å²) in [5.41, 5.74) is 0.0219. The van der Waals surface area contributed by atoms with Gasteiger partial charge in [-0.3, -0.25) is 0 Å². The molecule has 3 heteroatoms. The Morgan fingerprint density at radius 1 is 1.26 bits per heavy atom. The van der Waals surface area contributed by atoms with Gasteiger partial charge in [0.2, 0.25) is 0 Å². The van der Waals surface area contributed by atoms with Gasteiger partial charge in [0, 0.05) is 12.0 Å². The summed E-state index contributed by atoms with van der Waals surface area (Å²) in [6.07, 6.45) is 8.08. The van der Waals surface area contributed by atoms with Gasteiger partial charge >= 0.3 is 5.97 Å². The van der Waals surface area contributed by atoms with E-state index in [4.69, 9.17) is 4.74 Å². The minimum atomic E-state index is -1.52. The number of benzene rings is 1. The van der Waals surface area contributed by atoms with Crippen LogP contribution in [0.5, 0.6) is 0 Å². The topological polar surface area (TPSA) is 46.5 Å². The Bertz CT molecular complexity index is 514. The number of aliphatic hydroxyl groups is 1. The van der Waals surface area contributed by atoms with Crippen LogP contribution in [-0.2, 0) is 15.1 Å². The molecule has 2 aliphatic rings. The third-order valence-electron chi connectivity index (χ3n) is 4.03. The van der Waals surface area contributed by atoms with E-state index in [2.05, 4.69) is 0 Å². The Balaban J connectivity index is 1.86. The van der Waals surface area contributed by atoms with E-state index in [1.54, 1.807) is 6.07 Å². The van der Waals surface area contributed by atoms with Gasteiger partial charge in [-0.25, -0.2) is 4.79 Å². The largest absolute Gasteiger partial charge is 0.460 e. The third-order valence-corrected chi connectivity index (χ3v) is 4.03. The molecular weight excluding hydrogens is 240 g/mol. The van der Waals surface area contributed by atoms with E-state index < -0.39 is 11.6 Å². The van der Waals surface area contributed by atoms with Crippen molar-refractivity contribution >= 4 is 12.0 Å². The van der Waals surface area contributed by atoms with Gasteiger partial charge in [-0.2, -0.15) is 0 Å². The summed E-state index contributed by atoms with van der Waals surface area (Å²) in [6.45, 7) is 0. The monoisotopic (exact) mass is 258 g/mol. The second kappa shape index (κ2) is 4.82. The lowest BCUT2D eigenvalue weighted by atomic mass is 9.83. The summed E-state index contributed by atoms with van der Waals surface area (Å²) < 4.78 is 5.49. The number of hydrogen-bond acceptors (Lipinski definition) is 3. The van der Waals surface area contributed by atoms with Crippen molar-refractivity contribution in [2.24, 2.45) is 0 Å². The molecule has 1 saturated carbocycles. The zero-order valence-electron chi connectivity index (χ0n) is 10.8. The molecule has 1 unspecified atom stereocenters. The molecule has 0 radical (unpaired) electrons. The van der Waals surface area contributed by atoms with Crippen LogP contribution >= 0.6 is 0 Å². The number of esters is 1. The van der Waals surface area contributed by atoms with Crippen LogP contribution in [-0.4, -0.2) is 17.2 Å². The average molecular weight is 258 g/mol. The molecule has 1 N–H and O–H groups in total. The van der Waals surface area contributed by atoms with Crippen LogP contribution in [0.4, 0.5) is 0 Å². The van der Waals surface area contributed by atoms with Gasteiger partial charge in [0.05, 0.1) is 0 Å². The maximum atomic E-state index is 12.3. The minimum absolute atomic E-state index is 0.0189. The normalized spacial score (nSPS) is 26.2. The lowest BCUT2D eigenvalue weighted by molar-refractivity contribution is -0.172. The molecule has 1 fully saturated rings. The van der Waals surface area contributed by atoms with Crippen molar-refractivity contribution in [2.45, 2.75) is 43.8 Å². The predicted molar refractivity (Wildman–Crippen MR) is 72.3 cm³/mol. The van der Waals surface area contributed by atoms with Crippen molar-refractivity contribution < 1.29 is 14.6 Å². The summed E-state index contributed by atoms with van der Waals surface area (Å²) in [6, 6.07) is 7.44. The second-order valence-electron chi connectivity index (χ2n) is 5.37. The molecule has 1 aromatic carbocycles. The Morgan fingerprint density at radius 3 is 2.79 bits per heavy atom. The summed E-state index contributed by atoms with van der Waals surface area (Å²) in [5.74, 6) is -0.504. The van der Waals surface area contributed by atoms with Crippen LogP contribution in [0.3, 0.4) is 0 Å². The van der Waals surface area contributed by atoms with Crippen molar-refractivity contribution in [3.63, 3.8) is 0 Å². The molecule has 3 nitrogen and oxygen atoms in total. The summed E-state index contributed by atoms with van der Waals surface area (Å²) in [4.78, 5) is 12.3. The van der Waals surface area contributed by atoms with Gasteiger partial charge in [0.25, 0.3) is 0 Å². The molecule has 1 aromatic rings. The fourth-order valence-electron chi connectivity index (χ4n) is 2.93. The first kappa shape index (κ1) is 12.4. The highest BCUT2D eigenvalue weighted by Crippen LogP contribution is 2.35. The number of ether oxygens (including phenoxy) is 1. The number of hydrogen-bond donors (Lipinski definition) is 1. The van der Waals surface area contributed by atoms with Crippen molar-refractivity contribution in [1.29, 1.82) is 0 Å². The van der Waals surface area contributed by atoms with Gasteiger partial charge < -0.3 is 9.84 Å². The fourth-order valence-corrected chi connectivity index (χ4v) is 2.93. The molecular formula is C16H18O3. The minimum Gasteiger partial charge on any atom is -0.460 e. The Labute approximate surface area is 112 Å². The smallest absolute Gasteiger partial charge is 0.343 e. The van der Waals surface area contributed by atoms with Crippen molar-refractivity contribution in [1.82, 2.24) is 0 Å². The SMILES string of the molecule is O=C(OC1CCCC1)C1(O)CC=Cc2ccccc21. The molecule has 100 valence electrons. The number of carbonyl (C=O) groups is 1. The average Bonchev–Trinajstić information content (AvgIpc) is 2.92. The lowest BCUT2D eigenvalue weighted by Crippen LogP contribution is -2.40. The third kappa shape index (κ3) is 2.19. The highest BCUT2D eigenvalue weighted by Gasteiger charge is 2.42. The molecule has 0 aromatic heterocycles. The molecule has 2 aliphatic carbocycles. The lowest BCUT2D eigenvalue weighted by Gasteiger charge is -2.30. The van der Waals surface area contributed by atoms with E-state index in [1.165, 1.54) is 0 Å². The van der Waals surface area contributed by atoms with Crippen LogP contribution in [0.15, 0.2) is 30.3 Å². The van der Waals surface area contributed by atoms with E-state index in [0.29, 0.717) is 5.56 Å². The molecule has 0 spiro atoms. The van der Waals surface area contributed by atoms with E-state index in [9.17, 15) is 9.90 Å². The summed E-state index contributed by atoms with van der Waals surface area (Å²) in [5, 5.41) is 10.7.